The fraction of sp³-hybridized carbons (Fsp3) is 0.0556. The summed E-state index contributed by atoms with van der Waals surface area (Å²) in [6, 6.07) is 8.50. The van der Waals surface area contributed by atoms with Crippen LogP contribution < -0.4 is 10.3 Å². The van der Waals surface area contributed by atoms with Crippen LogP contribution in [0.5, 0.6) is 11.8 Å². The molecule has 28 heavy (non-hydrogen) atoms. The van der Waals surface area contributed by atoms with Gasteiger partial charge in [-0.05, 0) is 24.3 Å². The molecule has 1 N–H and O–H groups in total. The molecule has 2 aromatic carbocycles. The Labute approximate surface area is 163 Å². The molecule has 2 aromatic heterocycles. The third-order valence-corrected chi connectivity index (χ3v) is 4.55. The second kappa shape index (κ2) is 6.79. The number of aryl methyl sites for hydroxylation is 1. The van der Waals surface area contributed by atoms with E-state index in [2.05, 4.69) is 30.9 Å². The van der Waals surface area contributed by atoms with Gasteiger partial charge in [0.2, 0.25) is 5.82 Å². The highest BCUT2D eigenvalue weighted by molar-refractivity contribution is 9.10. The number of hydrogen-bond acceptors (Lipinski definition) is 4. The highest BCUT2D eigenvalue weighted by Crippen LogP contribution is 2.27. The lowest BCUT2D eigenvalue weighted by atomic mass is 10.2. The van der Waals surface area contributed by atoms with Gasteiger partial charge in [-0.1, -0.05) is 28.1 Å². The van der Waals surface area contributed by atoms with Crippen LogP contribution in [-0.2, 0) is 7.05 Å². The highest BCUT2D eigenvalue weighted by Gasteiger charge is 2.19. The minimum atomic E-state index is -1.68. The van der Waals surface area contributed by atoms with Crippen LogP contribution in [0.1, 0.15) is 0 Å². The number of ether oxygens (including phenoxy) is 1. The highest BCUT2D eigenvalue weighted by atomic mass is 79.9. The number of fused-ring (bicyclic) bond motifs is 1. The second-order valence-corrected chi connectivity index (χ2v) is 6.74. The molecule has 6 nitrogen and oxygen atoms in total. The number of aromatic amines is 1. The van der Waals surface area contributed by atoms with Crippen LogP contribution in [0.3, 0.4) is 0 Å². The fourth-order valence-corrected chi connectivity index (χ4v) is 2.91. The van der Waals surface area contributed by atoms with Gasteiger partial charge in [0.05, 0.1) is 0 Å². The van der Waals surface area contributed by atoms with Crippen molar-refractivity contribution in [3.05, 3.63) is 68.7 Å². The van der Waals surface area contributed by atoms with Gasteiger partial charge in [0, 0.05) is 17.1 Å². The van der Waals surface area contributed by atoms with Gasteiger partial charge in [0.25, 0.3) is 5.56 Å². The van der Waals surface area contributed by atoms with Crippen LogP contribution in [0.15, 0.2) is 45.7 Å². The van der Waals surface area contributed by atoms with E-state index in [0.29, 0.717) is 11.9 Å². The van der Waals surface area contributed by atoms with Gasteiger partial charge in [-0.25, -0.2) is 13.8 Å². The lowest BCUT2D eigenvalue weighted by molar-refractivity contribution is 0.378. The van der Waals surface area contributed by atoms with Gasteiger partial charge in [0.1, 0.15) is 5.82 Å². The maximum atomic E-state index is 13.8. The fourth-order valence-electron chi connectivity index (χ4n) is 2.65. The van der Waals surface area contributed by atoms with Crippen molar-refractivity contribution in [2.75, 3.05) is 0 Å². The van der Waals surface area contributed by atoms with Crippen molar-refractivity contribution in [2.24, 2.45) is 7.05 Å². The molecule has 142 valence electrons. The Morgan fingerprint density at radius 2 is 1.75 bits per heavy atom. The summed E-state index contributed by atoms with van der Waals surface area (Å²) in [5.74, 6) is -4.69. The first kappa shape index (κ1) is 18.2. The first-order chi connectivity index (χ1) is 13.3. The van der Waals surface area contributed by atoms with Gasteiger partial charge in [-0.3, -0.25) is 9.78 Å². The number of nitrogens with zero attached hydrogens (tertiary/aromatic N) is 3. The molecule has 0 saturated carbocycles. The zero-order valence-electron chi connectivity index (χ0n) is 14.1. The SMILES string of the molecule is Cn1c(-c2ccc(Br)cc2)nc2c(=O)[nH]c(Oc3ccc(F)c(F)c3F)nc21. The molecule has 2 heterocycles. The summed E-state index contributed by atoms with van der Waals surface area (Å²) in [6.45, 7) is 0. The number of hydrogen-bond donors (Lipinski definition) is 1. The van der Waals surface area contributed by atoms with E-state index in [-0.39, 0.29) is 17.2 Å². The van der Waals surface area contributed by atoms with Crippen LogP contribution >= 0.6 is 15.9 Å². The standard InChI is InChI=1S/C18H10BrF3N4O2/c1-26-15(8-2-4-9(19)5-3-8)23-14-16(26)24-18(25-17(14)27)28-11-7-6-10(20)12(21)13(11)22/h2-7H,1H3,(H,24,25,27). The van der Waals surface area contributed by atoms with E-state index in [1.165, 1.54) is 0 Å². The van der Waals surface area contributed by atoms with E-state index in [1.807, 2.05) is 24.3 Å². The molecule has 0 spiro atoms. The summed E-state index contributed by atoms with van der Waals surface area (Å²) in [4.78, 5) is 23.1. The van der Waals surface area contributed by atoms with Gasteiger partial charge in [0.15, 0.2) is 28.5 Å². The van der Waals surface area contributed by atoms with Gasteiger partial charge in [-0.2, -0.15) is 9.37 Å². The van der Waals surface area contributed by atoms with E-state index in [4.69, 9.17) is 4.74 Å². The summed E-state index contributed by atoms with van der Waals surface area (Å²) in [7, 11) is 1.65. The minimum Gasteiger partial charge on any atom is -0.422 e. The van der Waals surface area contributed by atoms with Crippen molar-refractivity contribution in [1.82, 2.24) is 19.5 Å². The monoisotopic (exact) mass is 450 g/mol. The Hall–Kier alpha value is -3.14. The van der Waals surface area contributed by atoms with E-state index < -0.39 is 28.8 Å². The predicted molar refractivity (Wildman–Crippen MR) is 98.7 cm³/mol. The zero-order chi connectivity index (χ0) is 20.0. The van der Waals surface area contributed by atoms with Crippen molar-refractivity contribution in [3.8, 4) is 23.1 Å². The molecular weight excluding hydrogens is 441 g/mol. The van der Waals surface area contributed by atoms with Crippen molar-refractivity contribution in [1.29, 1.82) is 0 Å². The third kappa shape index (κ3) is 3.05. The third-order valence-electron chi connectivity index (χ3n) is 4.02. The molecule has 0 aliphatic heterocycles. The van der Waals surface area contributed by atoms with Gasteiger partial charge >= 0.3 is 6.01 Å². The quantitative estimate of drug-likeness (QED) is 0.472. The van der Waals surface area contributed by atoms with Crippen molar-refractivity contribution in [2.45, 2.75) is 0 Å². The van der Waals surface area contributed by atoms with E-state index in [1.54, 1.807) is 11.6 Å². The molecule has 0 saturated heterocycles. The van der Waals surface area contributed by atoms with Crippen LogP contribution in [0.2, 0.25) is 0 Å². The summed E-state index contributed by atoms with van der Waals surface area (Å²) in [5, 5.41) is 0. The Balaban J connectivity index is 1.80. The maximum Gasteiger partial charge on any atom is 0.304 e. The van der Waals surface area contributed by atoms with Crippen LogP contribution in [0.4, 0.5) is 13.2 Å². The topological polar surface area (TPSA) is 72.8 Å². The normalized spacial score (nSPS) is 11.2. The van der Waals surface area contributed by atoms with Crippen LogP contribution in [-0.4, -0.2) is 19.5 Å². The molecule has 4 aromatic rings. The number of imidazole rings is 1. The summed E-state index contributed by atoms with van der Waals surface area (Å²) in [5.41, 5.74) is 0.359. The smallest absolute Gasteiger partial charge is 0.304 e. The lowest BCUT2D eigenvalue weighted by Gasteiger charge is -2.06. The number of halogens is 4. The van der Waals surface area contributed by atoms with Crippen molar-refractivity contribution >= 4 is 27.1 Å². The number of aromatic nitrogens is 4. The molecule has 4 rings (SSSR count). The van der Waals surface area contributed by atoms with E-state index in [0.717, 1.165) is 16.1 Å². The summed E-state index contributed by atoms with van der Waals surface area (Å²) in [6.07, 6.45) is 0. The van der Waals surface area contributed by atoms with Crippen LogP contribution in [0, 0.1) is 17.5 Å². The van der Waals surface area contributed by atoms with Crippen LogP contribution in [0.25, 0.3) is 22.6 Å². The predicted octanol–water partition coefficient (Wildman–Crippen LogP) is 4.30. The minimum absolute atomic E-state index is 0.0542. The Bertz CT molecular complexity index is 1270. The van der Waals surface area contributed by atoms with Gasteiger partial charge in [-0.15, -0.1) is 0 Å². The maximum absolute atomic E-state index is 13.8. The molecule has 0 bridgehead atoms. The molecular formula is C18H10BrF3N4O2. The zero-order valence-corrected chi connectivity index (χ0v) is 15.7. The Morgan fingerprint density at radius 3 is 2.46 bits per heavy atom. The lowest BCUT2D eigenvalue weighted by Crippen LogP contribution is -2.10. The second-order valence-electron chi connectivity index (χ2n) is 5.82. The molecule has 10 heteroatoms. The molecule has 0 amide bonds. The molecule has 0 aliphatic carbocycles. The molecule has 0 radical (unpaired) electrons. The summed E-state index contributed by atoms with van der Waals surface area (Å²) >= 11 is 3.35. The number of H-pyrrole nitrogens is 1. The average molecular weight is 451 g/mol. The number of nitrogens with one attached hydrogen (secondary N) is 1. The van der Waals surface area contributed by atoms with Crippen molar-refractivity contribution in [3.63, 3.8) is 0 Å². The number of benzene rings is 2. The van der Waals surface area contributed by atoms with Gasteiger partial charge < -0.3 is 9.30 Å². The molecule has 0 aliphatic rings. The molecule has 0 unspecified atom stereocenters. The Morgan fingerprint density at radius 1 is 1.04 bits per heavy atom. The first-order valence-electron chi connectivity index (χ1n) is 7.89. The van der Waals surface area contributed by atoms with Crippen molar-refractivity contribution < 1.29 is 17.9 Å². The van der Waals surface area contributed by atoms with E-state index in [9.17, 15) is 18.0 Å². The Kier molecular flexibility index (Phi) is 4.42. The molecule has 0 fully saturated rings. The largest absolute Gasteiger partial charge is 0.422 e. The number of rotatable bonds is 3. The van der Waals surface area contributed by atoms with E-state index >= 15 is 0 Å². The molecule has 0 atom stereocenters. The first-order valence-corrected chi connectivity index (χ1v) is 8.68. The average Bonchev–Trinajstić information content (AvgIpc) is 3.00. The summed E-state index contributed by atoms with van der Waals surface area (Å²) < 4.78 is 47.8.